The van der Waals surface area contributed by atoms with Crippen LogP contribution in [0.2, 0.25) is 0 Å². The number of thiophene rings is 1. The van der Waals surface area contributed by atoms with E-state index in [1.807, 2.05) is 6.92 Å². The first-order valence-corrected chi connectivity index (χ1v) is 9.51. The van der Waals surface area contributed by atoms with Crippen LogP contribution < -0.4 is 4.72 Å². The maximum Gasteiger partial charge on any atom is 0.250 e. The van der Waals surface area contributed by atoms with Gasteiger partial charge >= 0.3 is 0 Å². The highest BCUT2D eigenvalue weighted by Gasteiger charge is 2.19. The fourth-order valence-electron chi connectivity index (χ4n) is 2.01. The quantitative estimate of drug-likeness (QED) is 0.652. The molecular weight excluding hydrogens is 294 g/mol. The summed E-state index contributed by atoms with van der Waals surface area (Å²) >= 11 is 1.23. The molecule has 20 heavy (non-hydrogen) atoms. The molecule has 4 nitrogen and oxygen atoms in total. The van der Waals surface area contributed by atoms with Gasteiger partial charge in [-0.05, 0) is 25.5 Å². The predicted octanol–water partition coefficient (Wildman–Crippen LogP) is 2.92. The Hall–Kier alpha value is -0.430. The zero-order valence-corrected chi connectivity index (χ0v) is 13.9. The van der Waals surface area contributed by atoms with Crippen molar-refractivity contribution in [3.63, 3.8) is 0 Å². The van der Waals surface area contributed by atoms with Gasteiger partial charge in [0.2, 0.25) is 10.0 Å². The zero-order valence-electron chi connectivity index (χ0n) is 12.3. The molecule has 1 aromatic rings. The van der Waals surface area contributed by atoms with Crippen LogP contribution in [-0.2, 0) is 16.4 Å². The molecule has 1 atom stereocenters. The van der Waals surface area contributed by atoms with Crippen molar-refractivity contribution in [3.05, 3.63) is 17.0 Å². The van der Waals surface area contributed by atoms with Crippen molar-refractivity contribution in [1.29, 1.82) is 0 Å². The Morgan fingerprint density at radius 2 is 2.05 bits per heavy atom. The lowest BCUT2D eigenvalue weighted by Crippen LogP contribution is -2.32. The standard InChI is InChI=1S/C14H25NO3S2/c1-3-4-5-6-7-12(2)15-20(17,18)14-9-8-13(19-14)10-11-16/h8-9,12,15-16H,3-7,10-11H2,1-2H3. The van der Waals surface area contributed by atoms with E-state index in [2.05, 4.69) is 11.6 Å². The summed E-state index contributed by atoms with van der Waals surface area (Å²) in [5, 5.41) is 8.86. The monoisotopic (exact) mass is 319 g/mol. The molecule has 0 aromatic carbocycles. The van der Waals surface area contributed by atoms with Gasteiger partial charge in [0.05, 0.1) is 0 Å². The largest absolute Gasteiger partial charge is 0.396 e. The predicted molar refractivity (Wildman–Crippen MR) is 83.7 cm³/mol. The maximum absolute atomic E-state index is 12.2. The molecule has 6 heteroatoms. The summed E-state index contributed by atoms with van der Waals surface area (Å²) in [6.07, 6.45) is 5.97. The first-order chi connectivity index (χ1) is 9.49. The minimum atomic E-state index is -3.41. The first-order valence-electron chi connectivity index (χ1n) is 7.21. The number of aliphatic hydroxyl groups excluding tert-OH is 1. The summed E-state index contributed by atoms with van der Waals surface area (Å²) in [5.41, 5.74) is 0. The van der Waals surface area contributed by atoms with Gasteiger partial charge in [-0.1, -0.05) is 32.6 Å². The van der Waals surface area contributed by atoms with E-state index in [0.717, 1.165) is 24.1 Å². The first kappa shape index (κ1) is 17.6. The number of rotatable bonds is 10. The van der Waals surface area contributed by atoms with E-state index in [1.165, 1.54) is 24.2 Å². The molecule has 0 bridgehead atoms. The molecule has 0 amide bonds. The molecule has 0 saturated carbocycles. The Balaban J connectivity index is 2.50. The highest BCUT2D eigenvalue weighted by molar-refractivity contribution is 7.91. The van der Waals surface area contributed by atoms with Gasteiger partial charge < -0.3 is 5.11 Å². The second-order valence-electron chi connectivity index (χ2n) is 5.07. The van der Waals surface area contributed by atoms with E-state index >= 15 is 0 Å². The molecule has 0 spiro atoms. The van der Waals surface area contributed by atoms with Gasteiger partial charge in [0, 0.05) is 23.9 Å². The SMILES string of the molecule is CCCCCCC(C)NS(=O)(=O)c1ccc(CCO)s1. The van der Waals surface area contributed by atoms with E-state index < -0.39 is 10.0 Å². The number of unbranched alkanes of at least 4 members (excludes halogenated alkanes) is 3. The van der Waals surface area contributed by atoms with Crippen LogP contribution in [0.4, 0.5) is 0 Å². The van der Waals surface area contributed by atoms with Crippen LogP contribution >= 0.6 is 11.3 Å². The van der Waals surface area contributed by atoms with Gasteiger partial charge in [0.25, 0.3) is 0 Å². The third-order valence-corrected chi connectivity index (χ3v) is 6.33. The van der Waals surface area contributed by atoms with Crippen molar-refractivity contribution in [2.75, 3.05) is 6.61 Å². The fraction of sp³-hybridized carbons (Fsp3) is 0.714. The van der Waals surface area contributed by atoms with Crippen molar-refractivity contribution in [1.82, 2.24) is 4.72 Å². The number of hydrogen-bond acceptors (Lipinski definition) is 4. The van der Waals surface area contributed by atoms with Gasteiger partial charge in [-0.15, -0.1) is 11.3 Å². The van der Waals surface area contributed by atoms with Crippen LogP contribution in [0.3, 0.4) is 0 Å². The summed E-state index contributed by atoms with van der Waals surface area (Å²) < 4.78 is 27.4. The Labute approximate surface area is 126 Å². The smallest absolute Gasteiger partial charge is 0.250 e. The van der Waals surface area contributed by atoms with E-state index in [4.69, 9.17) is 5.11 Å². The second kappa shape index (κ2) is 8.77. The lowest BCUT2D eigenvalue weighted by molar-refractivity contribution is 0.300. The number of aliphatic hydroxyl groups is 1. The van der Waals surface area contributed by atoms with Crippen LogP contribution in [0, 0.1) is 0 Å². The van der Waals surface area contributed by atoms with Crippen molar-refractivity contribution in [3.8, 4) is 0 Å². The van der Waals surface area contributed by atoms with Crippen LogP contribution in [0.25, 0.3) is 0 Å². The molecule has 0 radical (unpaired) electrons. The average molecular weight is 319 g/mol. The van der Waals surface area contributed by atoms with Gasteiger partial charge in [-0.2, -0.15) is 0 Å². The van der Waals surface area contributed by atoms with Crippen LogP contribution in [-0.4, -0.2) is 26.2 Å². The van der Waals surface area contributed by atoms with E-state index in [9.17, 15) is 8.42 Å². The highest BCUT2D eigenvalue weighted by Crippen LogP contribution is 2.22. The summed E-state index contributed by atoms with van der Waals surface area (Å²) in [5.74, 6) is 0. The molecule has 1 rings (SSSR count). The summed E-state index contributed by atoms with van der Waals surface area (Å²) in [7, 11) is -3.41. The van der Waals surface area contributed by atoms with Crippen molar-refractivity contribution in [2.45, 2.75) is 62.6 Å². The lowest BCUT2D eigenvalue weighted by Gasteiger charge is -2.13. The number of nitrogens with one attached hydrogen (secondary N) is 1. The third-order valence-electron chi connectivity index (χ3n) is 3.11. The summed E-state index contributed by atoms with van der Waals surface area (Å²) in [6.45, 7) is 4.11. The van der Waals surface area contributed by atoms with E-state index in [1.54, 1.807) is 12.1 Å². The van der Waals surface area contributed by atoms with E-state index in [0.29, 0.717) is 10.6 Å². The topological polar surface area (TPSA) is 66.4 Å². The number of hydrogen-bond donors (Lipinski definition) is 2. The van der Waals surface area contributed by atoms with Crippen molar-refractivity contribution < 1.29 is 13.5 Å². The molecule has 0 saturated heterocycles. The Bertz CT molecular complexity index is 482. The molecule has 0 aliphatic carbocycles. The normalized spacial score (nSPS) is 13.6. The van der Waals surface area contributed by atoms with Crippen LogP contribution in [0.5, 0.6) is 0 Å². The van der Waals surface area contributed by atoms with Gasteiger partial charge in [-0.3, -0.25) is 0 Å². The van der Waals surface area contributed by atoms with Crippen molar-refractivity contribution >= 4 is 21.4 Å². The molecule has 0 aliphatic heterocycles. The zero-order chi connectivity index (χ0) is 15.0. The molecule has 1 heterocycles. The highest BCUT2D eigenvalue weighted by atomic mass is 32.2. The molecule has 2 N–H and O–H groups in total. The fourth-order valence-corrected chi connectivity index (χ4v) is 4.65. The second-order valence-corrected chi connectivity index (χ2v) is 8.18. The van der Waals surface area contributed by atoms with E-state index in [-0.39, 0.29) is 12.6 Å². The third kappa shape index (κ3) is 5.91. The molecule has 1 unspecified atom stereocenters. The minimum absolute atomic E-state index is 0.0414. The summed E-state index contributed by atoms with van der Waals surface area (Å²) in [4.78, 5) is 0.892. The van der Waals surface area contributed by atoms with Gasteiger partial charge in [0.1, 0.15) is 4.21 Å². The molecule has 0 fully saturated rings. The Morgan fingerprint density at radius 3 is 2.70 bits per heavy atom. The lowest BCUT2D eigenvalue weighted by atomic mass is 10.1. The van der Waals surface area contributed by atoms with Crippen molar-refractivity contribution in [2.24, 2.45) is 0 Å². The summed E-state index contributed by atoms with van der Waals surface area (Å²) in [6, 6.07) is 3.34. The van der Waals surface area contributed by atoms with Gasteiger partial charge in [-0.25, -0.2) is 13.1 Å². The molecule has 116 valence electrons. The Morgan fingerprint density at radius 1 is 1.30 bits per heavy atom. The molecule has 1 aromatic heterocycles. The average Bonchev–Trinajstić information content (AvgIpc) is 2.84. The molecular formula is C14H25NO3S2. The van der Waals surface area contributed by atoms with Gasteiger partial charge in [0.15, 0.2) is 0 Å². The number of sulfonamides is 1. The maximum atomic E-state index is 12.2. The van der Waals surface area contributed by atoms with Crippen LogP contribution in [0.1, 0.15) is 50.8 Å². The molecule has 0 aliphatic rings. The minimum Gasteiger partial charge on any atom is -0.396 e. The Kier molecular flexibility index (Phi) is 7.72. The van der Waals surface area contributed by atoms with Crippen LogP contribution in [0.15, 0.2) is 16.3 Å².